The summed E-state index contributed by atoms with van der Waals surface area (Å²) in [7, 11) is 0. The lowest BCUT2D eigenvalue weighted by atomic mass is 9.94. The summed E-state index contributed by atoms with van der Waals surface area (Å²) in [5.41, 5.74) is 1.44. The minimum Gasteiger partial charge on any atom is -0.300 e. The normalized spacial score (nSPS) is 21.5. The molecule has 0 bridgehead atoms. The Hall–Kier alpha value is -0.560. The molecule has 0 N–H and O–H groups in total. The lowest BCUT2D eigenvalue weighted by Gasteiger charge is -2.33. The zero-order valence-corrected chi connectivity index (χ0v) is 10.3. The predicted octanol–water partition coefficient (Wildman–Crippen LogP) is 3.77. The molecule has 1 aliphatic carbocycles. The van der Waals surface area contributed by atoms with Crippen LogP contribution in [-0.2, 0) is 0 Å². The van der Waals surface area contributed by atoms with Crippen molar-refractivity contribution in [3.05, 3.63) is 24.3 Å². The van der Waals surface area contributed by atoms with Crippen molar-refractivity contribution in [3.63, 3.8) is 0 Å². The summed E-state index contributed by atoms with van der Waals surface area (Å²) in [5.74, 6) is 0. The van der Waals surface area contributed by atoms with Crippen LogP contribution in [0.5, 0.6) is 0 Å². The number of nitrogens with zero attached hydrogens (tertiary/aromatic N) is 1. The van der Waals surface area contributed by atoms with Crippen LogP contribution >= 0.6 is 0 Å². The van der Waals surface area contributed by atoms with Gasteiger partial charge in [-0.15, -0.1) is 0 Å². The molecule has 0 fully saturated rings. The van der Waals surface area contributed by atoms with E-state index in [2.05, 4.69) is 31.4 Å². The maximum atomic E-state index is 3.85. The van der Waals surface area contributed by atoms with Gasteiger partial charge in [0.25, 0.3) is 0 Å². The molecule has 1 unspecified atom stereocenters. The van der Waals surface area contributed by atoms with Crippen LogP contribution in [0.25, 0.3) is 0 Å². The van der Waals surface area contributed by atoms with Gasteiger partial charge in [0.15, 0.2) is 0 Å². The Balaban J connectivity index is 2.47. The van der Waals surface area contributed by atoms with Crippen LogP contribution in [-0.4, -0.2) is 24.0 Å². The van der Waals surface area contributed by atoms with Gasteiger partial charge in [0.2, 0.25) is 0 Å². The molecular weight excluding hydrogens is 182 g/mol. The highest BCUT2D eigenvalue weighted by Gasteiger charge is 2.18. The smallest absolute Gasteiger partial charge is 0.0133 e. The van der Waals surface area contributed by atoms with Crippen molar-refractivity contribution in [2.45, 2.75) is 52.0 Å². The molecule has 0 aromatic heterocycles. The fraction of sp³-hybridized carbons (Fsp3) is 0.714. The van der Waals surface area contributed by atoms with E-state index in [1.54, 1.807) is 0 Å². The van der Waals surface area contributed by atoms with Gasteiger partial charge < -0.3 is 4.90 Å². The van der Waals surface area contributed by atoms with E-state index < -0.39 is 0 Å². The minimum atomic E-state index is 0.786. The standard InChI is InChI=1S/C14H25N/c1-4-11-15(12-5-2)14-9-7-13(6-3)8-10-14/h6-7,14H,3-5,8-12H2,1-2H3. The Labute approximate surface area is 94.9 Å². The second kappa shape index (κ2) is 6.84. The molecule has 1 nitrogen and oxygen atoms in total. The van der Waals surface area contributed by atoms with E-state index in [1.807, 2.05) is 6.08 Å². The van der Waals surface area contributed by atoms with Crippen LogP contribution in [0.3, 0.4) is 0 Å². The SMILES string of the molecule is C=CC1=CCC(N(CCC)CCC)CC1. The molecule has 0 spiro atoms. The van der Waals surface area contributed by atoms with Crippen LogP contribution < -0.4 is 0 Å². The van der Waals surface area contributed by atoms with Crippen LogP contribution in [0.15, 0.2) is 24.3 Å². The van der Waals surface area contributed by atoms with E-state index in [9.17, 15) is 0 Å². The minimum absolute atomic E-state index is 0.786. The second-order valence-corrected chi connectivity index (χ2v) is 4.45. The Kier molecular flexibility index (Phi) is 5.70. The summed E-state index contributed by atoms with van der Waals surface area (Å²) in [6.07, 6.45) is 10.7. The van der Waals surface area contributed by atoms with Gasteiger partial charge in [0, 0.05) is 6.04 Å². The average Bonchev–Trinajstić information content (AvgIpc) is 2.29. The topological polar surface area (TPSA) is 3.24 Å². The Morgan fingerprint density at radius 2 is 2.07 bits per heavy atom. The first kappa shape index (κ1) is 12.5. The average molecular weight is 207 g/mol. The monoisotopic (exact) mass is 207 g/mol. The molecule has 15 heavy (non-hydrogen) atoms. The zero-order valence-electron chi connectivity index (χ0n) is 10.3. The second-order valence-electron chi connectivity index (χ2n) is 4.45. The molecule has 0 saturated heterocycles. The lowest BCUT2D eigenvalue weighted by Crippen LogP contribution is -2.37. The highest BCUT2D eigenvalue weighted by molar-refractivity contribution is 5.19. The molecule has 0 heterocycles. The zero-order chi connectivity index (χ0) is 11.1. The van der Waals surface area contributed by atoms with Crippen molar-refractivity contribution in [3.8, 4) is 0 Å². The van der Waals surface area contributed by atoms with Gasteiger partial charge in [-0.05, 0) is 45.2 Å². The molecule has 0 aliphatic heterocycles. The molecule has 0 amide bonds. The summed E-state index contributed by atoms with van der Waals surface area (Å²) < 4.78 is 0. The Morgan fingerprint density at radius 3 is 2.47 bits per heavy atom. The highest BCUT2D eigenvalue weighted by atomic mass is 15.1. The van der Waals surface area contributed by atoms with E-state index in [-0.39, 0.29) is 0 Å². The van der Waals surface area contributed by atoms with E-state index >= 15 is 0 Å². The molecule has 0 aromatic carbocycles. The summed E-state index contributed by atoms with van der Waals surface area (Å²) in [4.78, 5) is 2.66. The largest absolute Gasteiger partial charge is 0.300 e. The molecular formula is C14H25N. The van der Waals surface area contributed by atoms with Crippen molar-refractivity contribution in [2.75, 3.05) is 13.1 Å². The van der Waals surface area contributed by atoms with Gasteiger partial charge in [-0.3, -0.25) is 0 Å². The third-order valence-electron chi connectivity index (χ3n) is 3.22. The first-order valence-electron chi connectivity index (χ1n) is 6.37. The van der Waals surface area contributed by atoms with E-state index in [0.29, 0.717) is 0 Å². The van der Waals surface area contributed by atoms with Crippen LogP contribution in [0, 0.1) is 0 Å². The predicted molar refractivity (Wildman–Crippen MR) is 68.1 cm³/mol. The maximum Gasteiger partial charge on any atom is 0.0133 e. The van der Waals surface area contributed by atoms with Crippen molar-refractivity contribution >= 4 is 0 Å². The third-order valence-corrected chi connectivity index (χ3v) is 3.22. The van der Waals surface area contributed by atoms with Crippen molar-refractivity contribution in [1.82, 2.24) is 4.90 Å². The van der Waals surface area contributed by atoms with Gasteiger partial charge in [-0.2, -0.15) is 0 Å². The Bertz CT molecular complexity index is 211. The molecule has 0 radical (unpaired) electrons. The molecule has 1 atom stereocenters. The Morgan fingerprint density at radius 1 is 1.40 bits per heavy atom. The number of hydrogen-bond donors (Lipinski definition) is 0. The fourth-order valence-electron chi connectivity index (χ4n) is 2.41. The highest BCUT2D eigenvalue weighted by Crippen LogP contribution is 2.23. The number of rotatable bonds is 6. The molecule has 1 heteroatoms. The van der Waals surface area contributed by atoms with E-state index in [4.69, 9.17) is 0 Å². The number of allylic oxidation sites excluding steroid dienone is 2. The first-order valence-corrected chi connectivity index (χ1v) is 6.37. The van der Waals surface area contributed by atoms with E-state index in [1.165, 1.54) is 50.8 Å². The lowest BCUT2D eigenvalue weighted by molar-refractivity contribution is 0.183. The van der Waals surface area contributed by atoms with Gasteiger partial charge in [0.1, 0.15) is 0 Å². The number of hydrogen-bond acceptors (Lipinski definition) is 1. The first-order chi connectivity index (χ1) is 7.31. The summed E-state index contributed by atoms with van der Waals surface area (Å²) in [5, 5.41) is 0. The van der Waals surface area contributed by atoms with Crippen molar-refractivity contribution in [2.24, 2.45) is 0 Å². The third kappa shape index (κ3) is 3.83. The van der Waals surface area contributed by atoms with E-state index in [0.717, 1.165) is 6.04 Å². The van der Waals surface area contributed by atoms with Crippen molar-refractivity contribution < 1.29 is 0 Å². The van der Waals surface area contributed by atoms with Gasteiger partial charge in [-0.1, -0.05) is 38.2 Å². The fourth-order valence-corrected chi connectivity index (χ4v) is 2.41. The van der Waals surface area contributed by atoms with Crippen LogP contribution in [0.1, 0.15) is 46.0 Å². The van der Waals surface area contributed by atoms with Crippen LogP contribution in [0.2, 0.25) is 0 Å². The van der Waals surface area contributed by atoms with Crippen LogP contribution in [0.4, 0.5) is 0 Å². The quantitative estimate of drug-likeness (QED) is 0.641. The summed E-state index contributed by atoms with van der Waals surface area (Å²) in [6.45, 7) is 10.9. The summed E-state index contributed by atoms with van der Waals surface area (Å²) in [6, 6.07) is 0.786. The molecule has 0 saturated carbocycles. The molecule has 1 aliphatic rings. The van der Waals surface area contributed by atoms with Gasteiger partial charge in [0.05, 0.1) is 0 Å². The van der Waals surface area contributed by atoms with Gasteiger partial charge >= 0.3 is 0 Å². The maximum absolute atomic E-state index is 3.85. The van der Waals surface area contributed by atoms with Gasteiger partial charge in [-0.25, -0.2) is 0 Å². The molecule has 1 rings (SSSR count). The molecule has 86 valence electrons. The summed E-state index contributed by atoms with van der Waals surface area (Å²) >= 11 is 0. The van der Waals surface area contributed by atoms with Crippen molar-refractivity contribution in [1.29, 1.82) is 0 Å². The molecule has 0 aromatic rings.